The molecule has 0 unspecified atom stereocenters. The van der Waals surface area contributed by atoms with Gasteiger partial charge in [0.2, 0.25) is 0 Å². The van der Waals surface area contributed by atoms with Crippen LogP contribution >= 0.6 is 0 Å². The van der Waals surface area contributed by atoms with Gasteiger partial charge in [0.15, 0.2) is 0 Å². The number of nitrogens with zero attached hydrogens (tertiary/aromatic N) is 2. The van der Waals surface area contributed by atoms with Gasteiger partial charge in [-0.05, 0) is 30.5 Å². The van der Waals surface area contributed by atoms with E-state index < -0.39 is 0 Å². The third kappa shape index (κ3) is 4.51. The second kappa shape index (κ2) is 8.96. The lowest BCUT2D eigenvalue weighted by Gasteiger charge is -2.31. The third-order valence-corrected chi connectivity index (χ3v) is 5.28. The second-order valence-electron chi connectivity index (χ2n) is 7.19. The Morgan fingerprint density at radius 3 is 2.52 bits per heavy atom. The normalized spacial score (nSPS) is 15.0. The fourth-order valence-corrected chi connectivity index (χ4v) is 3.79. The Labute approximate surface area is 168 Å². The Kier molecular flexibility index (Phi) is 5.95. The first-order valence-corrected chi connectivity index (χ1v) is 9.95. The Hall–Kier alpha value is -3.06. The smallest absolute Gasteiger partial charge is 0.409 e. The lowest BCUT2D eigenvalue weighted by atomic mass is 10.0. The number of ether oxygens (including phenoxy) is 2. The molecule has 1 aromatic heterocycles. The zero-order chi connectivity index (χ0) is 20.1. The van der Waals surface area contributed by atoms with Crippen molar-refractivity contribution < 1.29 is 14.3 Å². The number of benzene rings is 2. The number of piperidine rings is 1. The van der Waals surface area contributed by atoms with Gasteiger partial charge in [-0.1, -0.05) is 42.5 Å². The summed E-state index contributed by atoms with van der Waals surface area (Å²) in [6, 6.07) is 17.6. The van der Waals surface area contributed by atoms with Crippen LogP contribution in [0.15, 0.2) is 59.4 Å². The summed E-state index contributed by atoms with van der Waals surface area (Å²) in [6.07, 6.45) is 1.13. The van der Waals surface area contributed by atoms with Gasteiger partial charge in [0, 0.05) is 19.1 Å². The number of fused-ring (bicyclic) bond motifs is 1. The van der Waals surface area contributed by atoms with Gasteiger partial charge < -0.3 is 19.4 Å². The van der Waals surface area contributed by atoms with Crippen molar-refractivity contribution in [2.75, 3.05) is 26.3 Å². The highest BCUT2D eigenvalue weighted by molar-refractivity contribution is 5.75. The largest absolute Gasteiger partial charge is 0.447 e. The minimum absolute atomic E-state index is 0.0805. The van der Waals surface area contributed by atoms with Crippen LogP contribution in [0.3, 0.4) is 0 Å². The summed E-state index contributed by atoms with van der Waals surface area (Å²) in [6.45, 7) is 2.24. The number of carbonyl (C=O) groups is 1. The molecule has 3 aromatic rings. The van der Waals surface area contributed by atoms with Crippen LogP contribution in [-0.2, 0) is 16.1 Å². The zero-order valence-corrected chi connectivity index (χ0v) is 16.3. The van der Waals surface area contributed by atoms with E-state index in [1.165, 1.54) is 0 Å². The molecule has 1 N–H and O–H groups in total. The van der Waals surface area contributed by atoms with E-state index in [-0.39, 0.29) is 24.4 Å². The minimum Gasteiger partial charge on any atom is -0.447 e. The molecule has 152 valence electrons. The monoisotopic (exact) mass is 395 g/mol. The summed E-state index contributed by atoms with van der Waals surface area (Å²) in [5.74, 6) is 0. The molecule has 2 heterocycles. The molecule has 1 fully saturated rings. The number of likely N-dealkylation sites (tertiary alicyclic amines) is 1. The van der Waals surface area contributed by atoms with Gasteiger partial charge in [-0.2, -0.15) is 0 Å². The van der Waals surface area contributed by atoms with Crippen molar-refractivity contribution in [3.05, 3.63) is 70.6 Å². The van der Waals surface area contributed by atoms with Crippen molar-refractivity contribution in [3.8, 4) is 0 Å². The van der Waals surface area contributed by atoms with E-state index in [9.17, 15) is 9.59 Å². The van der Waals surface area contributed by atoms with Crippen molar-refractivity contribution in [2.45, 2.75) is 25.5 Å². The topological polar surface area (TPSA) is 76.6 Å². The number of hydrogen-bond donors (Lipinski definition) is 1. The zero-order valence-electron chi connectivity index (χ0n) is 16.3. The van der Waals surface area contributed by atoms with E-state index in [4.69, 9.17) is 9.47 Å². The molecule has 0 bridgehead atoms. The van der Waals surface area contributed by atoms with Gasteiger partial charge >= 0.3 is 11.8 Å². The fraction of sp³-hybridized carbons (Fsp3) is 0.364. The fourth-order valence-electron chi connectivity index (χ4n) is 3.79. The average Bonchev–Trinajstić information content (AvgIpc) is 3.10. The molecule has 7 nitrogen and oxygen atoms in total. The molecule has 7 heteroatoms. The molecule has 1 saturated heterocycles. The molecular formula is C22H25N3O4. The van der Waals surface area contributed by atoms with E-state index >= 15 is 0 Å². The van der Waals surface area contributed by atoms with E-state index in [2.05, 4.69) is 4.98 Å². The van der Waals surface area contributed by atoms with Gasteiger partial charge in [0.25, 0.3) is 0 Å². The average molecular weight is 395 g/mol. The van der Waals surface area contributed by atoms with Crippen molar-refractivity contribution in [2.24, 2.45) is 0 Å². The summed E-state index contributed by atoms with van der Waals surface area (Å²) in [4.78, 5) is 29.2. The summed E-state index contributed by atoms with van der Waals surface area (Å²) in [5, 5.41) is 0. The number of hydrogen-bond acceptors (Lipinski definition) is 4. The van der Waals surface area contributed by atoms with Crippen LogP contribution in [0.4, 0.5) is 4.79 Å². The summed E-state index contributed by atoms with van der Waals surface area (Å²) in [5.41, 5.74) is 2.75. The lowest BCUT2D eigenvalue weighted by Crippen LogP contribution is -2.41. The maximum atomic E-state index is 12.3. The number of H-pyrrole nitrogens is 1. The summed E-state index contributed by atoms with van der Waals surface area (Å²) in [7, 11) is 0. The van der Waals surface area contributed by atoms with E-state index in [1.54, 1.807) is 4.90 Å². The third-order valence-electron chi connectivity index (χ3n) is 5.28. The molecular weight excluding hydrogens is 370 g/mol. The number of imidazole rings is 1. The summed E-state index contributed by atoms with van der Waals surface area (Å²) < 4.78 is 12.7. The van der Waals surface area contributed by atoms with E-state index in [1.807, 2.05) is 59.2 Å². The Balaban J connectivity index is 1.22. The molecule has 0 aliphatic carbocycles. The first kappa shape index (κ1) is 19.3. The van der Waals surface area contributed by atoms with Crippen LogP contribution in [0.5, 0.6) is 0 Å². The molecule has 4 rings (SSSR count). The molecule has 1 aliphatic rings. The Morgan fingerprint density at radius 1 is 1.00 bits per heavy atom. The van der Waals surface area contributed by atoms with Crippen LogP contribution < -0.4 is 5.69 Å². The van der Waals surface area contributed by atoms with E-state index in [0.717, 1.165) is 29.4 Å². The molecule has 29 heavy (non-hydrogen) atoms. The van der Waals surface area contributed by atoms with Gasteiger partial charge in [-0.15, -0.1) is 0 Å². The molecule has 1 amide bonds. The predicted octanol–water partition coefficient (Wildman–Crippen LogP) is 3.32. The molecule has 0 spiro atoms. The first-order chi connectivity index (χ1) is 14.2. The highest BCUT2D eigenvalue weighted by atomic mass is 16.6. The van der Waals surface area contributed by atoms with Crippen molar-refractivity contribution >= 4 is 17.1 Å². The highest BCUT2D eigenvalue weighted by Gasteiger charge is 2.26. The van der Waals surface area contributed by atoms with Crippen LogP contribution in [0, 0.1) is 0 Å². The first-order valence-electron chi connectivity index (χ1n) is 9.95. The molecule has 0 radical (unpaired) electrons. The number of carbonyl (C=O) groups excluding carboxylic acids is 1. The maximum Gasteiger partial charge on any atom is 0.409 e. The second-order valence-corrected chi connectivity index (χ2v) is 7.19. The molecule has 2 aromatic carbocycles. The Morgan fingerprint density at radius 2 is 1.72 bits per heavy atom. The Bertz CT molecular complexity index is 1000. The van der Waals surface area contributed by atoms with Crippen molar-refractivity contribution in [1.82, 2.24) is 14.5 Å². The van der Waals surface area contributed by atoms with Crippen LogP contribution in [0.25, 0.3) is 11.0 Å². The number of aromatic amines is 1. The van der Waals surface area contributed by atoms with Crippen molar-refractivity contribution in [3.63, 3.8) is 0 Å². The van der Waals surface area contributed by atoms with Crippen LogP contribution in [-0.4, -0.2) is 46.8 Å². The lowest BCUT2D eigenvalue weighted by molar-refractivity contribution is 0.0439. The summed E-state index contributed by atoms with van der Waals surface area (Å²) >= 11 is 0. The SMILES string of the molecule is O=C(OCCOCc1ccccc1)N1CCC(n2c(=O)[nH]c3ccccc32)CC1. The van der Waals surface area contributed by atoms with Gasteiger partial charge in [-0.3, -0.25) is 4.57 Å². The van der Waals surface area contributed by atoms with Crippen LogP contribution in [0.1, 0.15) is 24.4 Å². The van der Waals surface area contributed by atoms with E-state index in [0.29, 0.717) is 26.3 Å². The molecule has 0 saturated carbocycles. The molecule has 0 atom stereocenters. The standard InChI is InChI=1S/C22H25N3O4/c26-21-23-19-8-4-5-9-20(19)25(21)18-10-12-24(13-11-18)22(27)29-15-14-28-16-17-6-2-1-3-7-17/h1-9,18H,10-16H2,(H,23,26). The number of para-hydroxylation sites is 2. The van der Waals surface area contributed by atoms with Gasteiger partial charge in [0.1, 0.15) is 6.61 Å². The maximum absolute atomic E-state index is 12.3. The molecule has 1 aliphatic heterocycles. The quantitative estimate of drug-likeness (QED) is 0.650. The minimum atomic E-state index is -0.321. The number of rotatable bonds is 6. The number of nitrogens with one attached hydrogen (secondary N) is 1. The van der Waals surface area contributed by atoms with Gasteiger partial charge in [-0.25, -0.2) is 9.59 Å². The van der Waals surface area contributed by atoms with Crippen LogP contribution in [0.2, 0.25) is 0 Å². The van der Waals surface area contributed by atoms with Gasteiger partial charge in [0.05, 0.1) is 24.2 Å². The van der Waals surface area contributed by atoms with Crippen molar-refractivity contribution in [1.29, 1.82) is 0 Å². The predicted molar refractivity (Wildman–Crippen MR) is 110 cm³/mol. The number of aromatic nitrogens is 2. The highest BCUT2D eigenvalue weighted by Crippen LogP contribution is 2.25. The number of amides is 1.